The Morgan fingerprint density at radius 2 is 2.33 bits per heavy atom. The summed E-state index contributed by atoms with van der Waals surface area (Å²) in [6.45, 7) is 3.56. The van der Waals surface area contributed by atoms with Crippen LogP contribution in [0, 0.1) is 0 Å². The zero-order valence-electron chi connectivity index (χ0n) is 8.44. The van der Waals surface area contributed by atoms with Gasteiger partial charge in [-0.3, -0.25) is 0 Å². The van der Waals surface area contributed by atoms with Crippen LogP contribution in [-0.4, -0.2) is 28.6 Å². The van der Waals surface area contributed by atoms with Crippen LogP contribution >= 0.6 is 22.9 Å². The highest BCUT2D eigenvalue weighted by molar-refractivity contribution is 7.15. The lowest BCUT2D eigenvalue weighted by molar-refractivity contribution is -0.149. The lowest BCUT2D eigenvalue weighted by Gasteiger charge is -2.16. The van der Waals surface area contributed by atoms with Gasteiger partial charge in [-0.05, 0) is 13.8 Å². The molecule has 0 aromatic carbocycles. The summed E-state index contributed by atoms with van der Waals surface area (Å²) in [5, 5.41) is 9.18. The second kappa shape index (κ2) is 3.99. The molecule has 0 saturated carbocycles. The molecular formula is C9H12ClNO3S. The second-order valence-corrected chi connectivity index (χ2v) is 5.44. The zero-order chi connectivity index (χ0) is 11.1. The van der Waals surface area contributed by atoms with Gasteiger partial charge in [0.05, 0.1) is 11.5 Å². The Morgan fingerprint density at radius 1 is 1.60 bits per heavy atom. The van der Waals surface area contributed by atoms with Gasteiger partial charge >= 0.3 is 0 Å². The molecule has 1 unspecified atom stereocenters. The smallest absolute Gasteiger partial charge is 0.183 e. The van der Waals surface area contributed by atoms with Gasteiger partial charge in [0.25, 0.3) is 0 Å². The molecule has 6 heteroatoms. The summed E-state index contributed by atoms with van der Waals surface area (Å²) in [6, 6.07) is 0. The highest BCUT2D eigenvalue weighted by atomic mass is 35.5. The van der Waals surface area contributed by atoms with Gasteiger partial charge in [0.2, 0.25) is 0 Å². The average Bonchev–Trinajstić information content (AvgIpc) is 2.69. The highest BCUT2D eigenvalue weighted by Gasteiger charge is 2.42. The lowest BCUT2D eigenvalue weighted by Crippen LogP contribution is -2.23. The van der Waals surface area contributed by atoms with E-state index in [0.717, 1.165) is 4.88 Å². The van der Waals surface area contributed by atoms with Crippen molar-refractivity contribution in [2.75, 3.05) is 6.61 Å². The monoisotopic (exact) mass is 249 g/mol. The third-order valence-electron chi connectivity index (χ3n) is 2.14. The van der Waals surface area contributed by atoms with E-state index in [1.165, 1.54) is 11.3 Å². The van der Waals surface area contributed by atoms with Gasteiger partial charge in [-0.15, -0.1) is 11.3 Å². The number of halogens is 1. The highest BCUT2D eigenvalue weighted by Crippen LogP contribution is 2.40. The minimum Gasteiger partial charge on any atom is -0.394 e. The molecule has 1 aromatic rings. The Hall–Kier alpha value is -0.200. The molecule has 1 aliphatic rings. The van der Waals surface area contributed by atoms with Crippen molar-refractivity contribution < 1.29 is 14.6 Å². The van der Waals surface area contributed by atoms with Gasteiger partial charge in [-0.25, -0.2) is 4.98 Å². The predicted molar refractivity (Wildman–Crippen MR) is 57.0 cm³/mol. The van der Waals surface area contributed by atoms with Crippen LogP contribution in [0.1, 0.15) is 24.8 Å². The van der Waals surface area contributed by atoms with Crippen LogP contribution in [0.4, 0.5) is 0 Å². The molecule has 1 aromatic heterocycles. The van der Waals surface area contributed by atoms with E-state index in [1.54, 1.807) is 6.20 Å². The molecular weight excluding hydrogens is 238 g/mol. The largest absolute Gasteiger partial charge is 0.394 e. The number of hydrogen-bond acceptors (Lipinski definition) is 5. The van der Waals surface area contributed by atoms with E-state index in [-0.39, 0.29) is 18.8 Å². The third kappa shape index (κ3) is 2.32. The van der Waals surface area contributed by atoms with Crippen LogP contribution in [0.3, 0.4) is 0 Å². The van der Waals surface area contributed by atoms with Gasteiger partial charge in [0, 0.05) is 6.20 Å². The van der Waals surface area contributed by atoms with E-state index in [2.05, 4.69) is 4.98 Å². The molecule has 2 atom stereocenters. The molecule has 0 bridgehead atoms. The van der Waals surface area contributed by atoms with Crippen LogP contribution in [0.25, 0.3) is 0 Å². The molecule has 2 rings (SSSR count). The lowest BCUT2D eigenvalue weighted by atomic mass is 10.2. The number of hydrogen-bond donors (Lipinski definition) is 1. The van der Waals surface area contributed by atoms with Gasteiger partial charge in [-0.2, -0.15) is 0 Å². The Morgan fingerprint density at radius 3 is 2.87 bits per heavy atom. The van der Waals surface area contributed by atoms with E-state index in [0.29, 0.717) is 4.47 Å². The Kier molecular flexibility index (Phi) is 3.00. The second-order valence-electron chi connectivity index (χ2n) is 3.79. The van der Waals surface area contributed by atoms with Crippen molar-refractivity contribution in [1.29, 1.82) is 0 Å². The fraction of sp³-hybridized carbons (Fsp3) is 0.667. The van der Waals surface area contributed by atoms with E-state index >= 15 is 0 Å². The first-order valence-corrected chi connectivity index (χ1v) is 5.79. The molecule has 4 nitrogen and oxygen atoms in total. The minimum atomic E-state index is -0.672. The van der Waals surface area contributed by atoms with Crippen molar-refractivity contribution in [2.45, 2.75) is 31.8 Å². The fourth-order valence-corrected chi connectivity index (χ4v) is 2.64. The summed E-state index contributed by atoms with van der Waals surface area (Å²) >= 11 is 7.09. The summed E-state index contributed by atoms with van der Waals surface area (Å²) in [5.74, 6) is -0.672. The number of aliphatic hydroxyl groups is 1. The Labute approximate surface area is 96.8 Å². The van der Waals surface area contributed by atoms with E-state index in [4.69, 9.17) is 21.1 Å². The molecule has 84 valence electrons. The SMILES string of the molecule is CC1(C)OC(CO)[C@@H](c2cnc(Cl)s2)O1. The number of thiazole rings is 1. The molecule has 0 spiro atoms. The molecule has 0 aliphatic carbocycles. The Bertz CT molecular complexity index is 355. The molecule has 0 amide bonds. The molecule has 15 heavy (non-hydrogen) atoms. The van der Waals surface area contributed by atoms with Crippen LogP contribution in [0.2, 0.25) is 4.47 Å². The predicted octanol–water partition coefficient (Wildman–Crippen LogP) is 1.98. The molecule has 1 aliphatic heterocycles. The maximum atomic E-state index is 9.18. The first-order chi connectivity index (χ1) is 7.02. The van der Waals surface area contributed by atoms with Gasteiger partial charge in [-0.1, -0.05) is 11.6 Å². The molecule has 2 heterocycles. The molecule has 0 radical (unpaired) electrons. The number of ether oxygens (including phenoxy) is 2. The van der Waals surface area contributed by atoms with Crippen LogP contribution in [0.15, 0.2) is 6.20 Å². The number of aliphatic hydroxyl groups excluding tert-OH is 1. The number of nitrogens with zero attached hydrogens (tertiary/aromatic N) is 1. The zero-order valence-corrected chi connectivity index (χ0v) is 10.0. The molecule has 1 N–H and O–H groups in total. The maximum absolute atomic E-state index is 9.18. The summed E-state index contributed by atoms with van der Waals surface area (Å²) in [4.78, 5) is 4.82. The van der Waals surface area contributed by atoms with Crippen LogP contribution in [0.5, 0.6) is 0 Å². The van der Waals surface area contributed by atoms with Crippen LogP contribution in [-0.2, 0) is 9.47 Å². The van der Waals surface area contributed by atoms with Gasteiger partial charge < -0.3 is 14.6 Å². The first-order valence-electron chi connectivity index (χ1n) is 4.59. The maximum Gasteiger partial charge on any atom is 0.183 e. The van der Waals surface area contributed by atoms with Gasteiger partial charge in [0.1, 0.15) is 12.2 Å². The van der Waals surface area contributed by atoms with E-state index in [1.807, 2.05) is 13.8 Å². The quantitative estimate of drug-likeness (QED) is 0.871. The minimum absolute atomic E-state index is 0.0797. The van der Waals surface area contributed by atoms with Crippen molar-refractivity contribution in [3.05, 3.63) is 15.5 Å². The van der Waals surface area contributed by atoms with Gasteiger partial charge in [0.15, 0.2) is 10.3 Å². The normalized spacial score (nSPS) is 29.6. The van der Waals surface area contributed by atoms with Crippen molar-refractivity contribution in [2.24, 2.45) is 0 Å². The summed E-state index contributed by atoms with van der Waals surface area (Å²) in [7, 11) is 0. The standard InChI is InChI=1S/C9H12ClNO3S/c1-9(2)13-5(4-12)7(14-9)6-3-11-8(10)15-6/h3,5,7,12H,4H2,1-2H3/t5?,7-/m0/s1. The van der Waals surface area contributed by atoms with Crippen molar-refractivity contribution >= 4 is 22.9 Å². The van der Waals surface area contributed by atoms with E-state index < -0.39 is 5.79 Å². The summed E-state index contributed by atoms with van der Waals surface area (Å²) in [6.07, 6.45) is 1.02. The van der Waals surface area contributed by atoms with Crippen molar-refractivity contribution in [1.82, 2.24) is 4.98 Å². The first kappa shape index (κ1) is 11.3. The number of rotatable bonds is 2. The Balaban J connectivity index is 2.21. The van der Waals surface area contributed by atoms with Crippen molar-refractivity contribution in [3.63, 3.8) is 0 Å². The molecule has 1 fully saturated rings. The molecule has 1 saturated heterocycles. The number of aromatic nitrogens is 1. The fourth-order valence-electron chi connectivity index (χ4n) is 1.61. The third-order valence-corrected chi connectivity index (χ3v) is 3.32. The topological polar surface area (TPSA) is 51.6 Å². The van der Waals surface area contributed by atoms with E-state index in [9.17, 15) is 5.11 Å². The van der Waals surface area contributed by atoms with Crippen molar-refractivity contribution in [3.8, 4) is 0 Å². The summed E-state index contributed by atoms with van der Waals surface area (Å²) < 4.78 is 11.7. The van der Waals surface area contributed by atoms with Crippen LogP contribution < -0.4 is 0 Å². The summed E-state index contributed by atoms with van der Waals surface area (Å²) in [5.41, 5.74) is 0. The average molecular weight is 250 g/mol.